The number of halogens is 3. The second-order valence-electron chi connectivity index (χ2n) is 9.20. The third-order valence-corrected chi connectivity index (χ3v) is 6.37. The molecular weight excluding hydrogens is 423 g/mol. The number of nitrogens with one attached hydrogen (secondary N) is 2. The van der Waals surface area contributed by atoms with Crippen LogP contribution < -0.4 is 15.5 Å². The Balaban J connectivity index is 0.000000628. The van der Waals surface area contributed by atoms with Gasteiger partial charge in [0.15, 0.2) is 0 Å². The zero-order chi connectivity index (χ0) is 22.4. The van der Waals surface area contributed by atoms with Gasteiger partial charge in [0.2, 0.25) is 0 Å². The third kappa shape index (κ3) is 7.57. The van der Waals surface area contributed by atoms with Gasteiger partial charge >= 0.3 is 6.18 Å². The summed E-state index contributed by atoms with van der Waals surface area (Å²) in [4.78, 5) is 11.7. The van der Waals surface area contributed by atoms with E-state index in [0.717, 1.165) is 86.4 Å². The van der Waals surface area contributed by atoms with Crippen molar-refractivity contribution in [3.8, 4) is 0 Å². The number of aromatic nitrogens is 2. The predicted molar refractivity (Wildman–Crippen MR) is 122 cm³/mol. The summed E-state index contributed by atoms with van der Waals surface area (Å²) in [5.41, 5.74) is 0. The van der Waals surface area contributed by atoms with Crippen LogP contribution in [0.1, 0.15) is 44.9 Å². The Bertz CT molecular complexity index is 816. The predicted octanol–water partition coefficient (Wildman–Crippen LogP) is 4.63. The molecule has 0 spiro atoms. The molecular formula is C22H34F3N5S. The van der Waals surface area contributed by atoms with Gasteiger partial charge in [-0.1, -0.05) is 20.8 Å². The van der Waals surface area contributed by atoms with Crippen molar-refractivity contribution < 1.29 is 13.2 Å². The maximum atomic E-state index is 12.7. The molecule has 0 aromatic carbocycles. The number of nitrogens with zero attached hydrogens (tertiary/aromatic N) is 3. The van der Waals surface area contributed by atoms with E-state index in [0.29, 0.717) is 15.7 Å². The second-order valence-corrected chi connectivity index (χ2v) is 10.3. The van der Waals surface area contributed by atoms with Gasteiger partial charge in [-0.15, -0.1) is 11.3 Å². The molecule has 4 rings (SSSR count). The molecule has 2 aromatic rings. The van der Waals surface area contributed by atoms with Crippen LogP contribution >= 0.6 is 11.3 Å². The van der Waals surface area contributed by atoms with Crippen LogP contribution in [0.2, 0.25) is 0 Å². The van der Waals surface area contributed by atoms with Crippen molar-refractivity contribution in [2.75, 3.05) is 37.6 Å². The van der Waals surface area contributed by atoms with Gasteiger partial charge in [-0.25, -0.2) is 9.97 Å². The Morgan fingerprint density at radius 1 is 1.19 bits per heavy atom. The van der Waals surface area contributed by atoms with Gasteiger partial charge in [-0.3, -0.25) is 0 Å². The van der Waals surface area contributed by atoms with E-state index in [1.165, 1.54) is 6.33 Å². The summed E-state index contributed by atoms with van der Waals surface area (Å²) in [6.07, 6.45) is -0.457. The number of hydrogen-bond acceptors (Lipinski definition) is 6. The van der Waals surface area contributed by atoms with Crippen LogP contribution in [0.15, 0.2) is 12.4 Å². The van der Waals surface area contributed by atoms with Gasteiger partial charge in [0.25, 0.3) is 0 Å². The normalized spacial score (nSPS) is 20.4. The molecule has 1 unspecified atom stereocenters. The number of anilines is 1. The van der Waals surface area contributed by atoms with Crippen LogP contribution in [0, 0.1) is 11.8 Å². The van der Waals surface area contributed by atoms with Crippen molar-refractivity contribution in [2.24, 2.45) is 11.8 Å². The lowest BCUT2D eigenvalue weighted by Gasteiger charge is -2.29. The largest absolute Gasteiger partial charge is 0.393 e. The number of fused-ring (bicyclic) bond motifs is 1. The van der Waals surface area contributed by atoms with Gasteiger partial charge in [-0.2, -0.15) is 13.2 Å². The fraction of sp³-hybridized carbons (Fsp3) is 0.727. The Morgan fingerprint density at radius 2 is 1.94 bits per heavy atom. The van der Waals surface area contributed by atoms with Crippen molar-refractivity contribution in [3.63, 3.8) is 0 Å². The molecule has 2 aliphatic heterocycles. The van der Waals surface area contributed by atoms with Gasteiger partial charge in [0.1, 0.15) is 17.0 Å². The van der Waals surface area contributed by atoms with Crippen molar-refractivity contribution in [1.82, 2.24) is 20.6 Å². The molecule has 0 bridgehead atoms. The van der Waals surface area contributed by atoms with Crippen LogP contribution in [0.5, 0.6) is 0 Å². The molecule has 2 aromatic heterocycles. The highest BCUT2D eigenvalue weighted by molar-refractivity contribution is 7.18. The molecule has 9 heteroatoms. The fourth-order valence-corrected chi connectivity index (χ4v) is 4.79. The van der Waals surface area contributed by atoms with Crippen molar-refractivity contribution in [3.05, 3.63) is 17.3 Å². The Morgan fingerprint density at radius 3 is 2.58 bits per heavy atom. The van der Waals surface area contributed by atoms with Crippen LogP contribution in [0.4, 0.5) is 19.0 Å². The highest BCUT2D eigenvalue weighted by atomic mass is 32.1. The van der Waals surface area contributed by atoms with Gasteiger partial charge in [0, 0.05) is 43.6 Å². The van der Waals surface area contributed by atoms with E-state index in [1.54, 1.807) is 6.07 Å². The van der Waals surface area contributed by atoms with Crippen molar-refractivity contribution in [1.29, 1.82) is 0 Å². The number of hydrogen-bond donors (Lipinski definition) is 2. The number of rotatable bonds is 5. The molecule has 5 nitrogen and oxygen atoms in total. The molecule has 2 N–H and O–H groups in total. The van der Waals surface area contributed by atoms with E-state index >= 15 is 0 Å². The molecule has 0 radical (unpaired) electrons. The SMILES string of the molecule is CC(C)C.FC(F)(F)Cc1cc2c(N3CCCC(NCC4CNC4)CC3)ncnc2s1. The average Bonchev–Trinajstić information content (AvgIpc) is 2.87. The summed E-state index contributed by atoms with van der Waals surface area (Å²) in [6, 6.07) is 2.11. The van der Waals surface area contributed by atoms with E-state index in [4.69, 9.17) is 0 Å². The molecule has 2 fully saturated rings. The Labute approximate surface area is 186 Å². The number of thiophene rings is 1. The van der Waals surface area contributed by atoms with E-state index in [2.05, 4.69) is 46.3 Å². The fourth-order valence-electron chi connectivity index (χ4n) is 3.77. The average molecular weight is 458 g/mol. The minimum absolute atomic E-state index is 0.294. The lowest BCUT2D eigenvalue weighted by molar-refractivity contribution is -0.126. The minimum Gasteiger partial charge on any atom is -0.356 e. The zero-order valence-corrected chi connectivity index (χ0v) is 19.5. The lowest BCUT2D eigenvalue weighted by atomic mass is 10.0. The van der Waals surface area contributed by atoms with Gasteiger partial charge in [0.05, 0.1) is 11.8 Å². The lowest BCUT2D eigenvalue weighted by Crippen LogP contribution is -2.49. The summed E-state index contributed by atoms with van der Waals surface area (Å²) < 4.78 is 38.2. The van der Waals surface area contributed by atoms with Crippen molar-refractivity contribution in [2.45, 2.75) is 58.7 Å². The summed E-state index contributed by atoms with van der Waals surface area (Å²) in [5, 5.41) is 7.72. The molecule has 2 aliphatic rings. The first kappa shape index (κ1) is 24.2. The maximum Gasteiger partial charge on any atom is 0.393 e. The summed E-state index contributed by atoms with van der Waals surface area (Å²) in [6.45, 7) is 11.5. The van der Waals surface area contributed by atoms with Crippen molar-refractivity contribution >= 4 is 27.4 Å². The smallest absolute Gasteiger partial charge is 0.356 e. The van der Waals surface area contributed by atoms with Crippen LogP contribution in [-0.4, -0.2) is 54.9 Å². The molecule has 2 saturated heterocycles. The van der Waals surface area contributed by atoms with E-state index in [1.807, 2.05) is 0 Å². The van der Waals surface area contributed by atoms with Gasteiger partial charge < -0.3 is 15.5 Å². The van der Waals surface area contributed by atoms with Gasteiger partial charge in [-0.05, 0) is 37.2 Å². The first-order valence-electron chi connectivity index (χ1n) is 11.2. The number of alkyl halides is 3. The molecule has 0 saturated carbocycles. The quantitative estimate of drug-likeness (QED) is 0.686. The summed E-state index contributed by atoms with van der Waals surface area (Å²) >= 11 is 1.11. The minimum atomic E-state index is -4.20. The molecule has 31 heavy (non-hydrogen) atoms. The van der Waals surface area contributed by atoms with E-state index in [-0.39, 0.29) is 0 Å². The standard InChI is InChI=1S/C18H24F3N5S.C4H10/c19-18(20,21)7-14-6-15-16(24-11-25-17(15)27-14)26-4-1-2-13(3-5-26)23-10-12-8-22-9-12;1-4(2)3/h6,11-13,22-23H,1-5,7-10H2;4H,1-3H3. The monoisotopic (exact) mass is 457 g/mol. The molecule has 0 amide bonds. The molecule has 4 heterocycles. The van der Waals surface area contributed by atoms with Crippen LogP contribution in [0.25, 0.3) is 10.2 Å². The Kier molecular flexibility index (Phi) is 8.52. The van der Waals surface area contributed by atoms with E-state index in [9.17, 15) is 13.2 Å². The third-order valence-electron chi connectivity index (χ3n) is 5.32. The van der Waals surface area contributed by atoms with Crippen LogP contribution in [0.3, 0.4) is 0 Å². The first-order chi connectivity index (χ1) is 14.7. The second kappa shape index (κ2) is 10.9. The maximum absolute atomic E-state index is 12.7. The molecule has 0 aliphatic carbocycles. The topological polar surface area (TPSA) is 53.1 Å². The molecule has 174 valence electrons. The Hall–Kier alpha value is -1.45. The van der Waals surface area contributed by atoms with E-state index < -0.39 is 12.6 Å². The highest BCUT2D eigenvalue weighted by Gasteiger charge is 2.29. The summed E-state index contributed by atoms with van der Waals surface area (Å²) in [7, 11) is 0. The van der Waals surface area contributed by atoms with Crippen LogP contribution in [-0.2, 0) is 6.42 Å². The first-order valence-corrected chi connectivity index (χ1v) is 12.0. The molecule has 1 atom stereocenters. The zero-order valence-electron chi connectivity index (χ0n) is 18.6. The highest BCUT2D eigenvalue weighted by Crippen LogP contribution is 2.34. The summed E-state index contributed by atoms with van der Waals surface area (Å²) in [5.74, 6) is 2.34.